The highest BCUT2D eigenvalue weighted by molar-refractivity contribution is 9.11. The first kappa shape index (κ1) is 13.7. The molecule has 1 aromatic rings. The fourth-order valence-electron chi connectivity index (χ4n) is 1.32. The van der Waals surface area contributed by atoms with E-state index >= 15 is 0 Å². The number of carbonyl (C=O) groups is 1. The van der Waals surface area contributed by atoms with Crippen LogP contribution in [0.4, 0.5) is 0 Å². The molecule has 0 aliphatic carbocycles. The molecular weight excluding hydrogens is 288 g/mol. The molecule has 0 aliphatic heterocycles. The second-order valence-electron chi connectivity index (χ2n) is 4.22. The molecule has 1 rings (SSSR count). The highest BCUT2D eigenvalue weighted by Crippen LogP contribution is 2.21. The Balaban J connectivity index is 2.58. The Kier molecular flexibility index (Phi) is 4.95. The smallest absolute Gasteiger partial charge is 0.239 e. The third kappa shape index (κ3) is 3.57. The second-order valence-corrected chi connectivity index (χ2v) is 6.51. The predicted molar refractivity (Wildman–Crippen MR) is 71.3 cm³/mol. The summed E-state index contributed by atoms with van der Waals surface area (Å²) >= 11 is 5.02. The number of likely N-dealkylation sites (N-methyl/N-ethyl adjacent to an activating group) is 1. The summed E-state index contributed by atoms with van der Waals surface area (Å²) in [7, 11) is 1.79. The average molecular weight is 305 g/mol. The maximum atomic E-state index is 11.9. The number of carbonyl (C=O) groups excluding carboxylic acids is 1. The monoisotopic (exact) mass is 304 g/mol. The molecular formula is C11H17BrN2OS. The fourth-order valence-corrected chi connectivity index (χ4v) is 2.52. The molecule has 0 spiro atoms. The molecule has 0 aromatic carbocycles. The van der Waals surface area contributed by atoms with E-state index in [1.165, 1.54) is 0 Å². The summed E-state index contributed by atoms with van der Waals surface area (Å²) in [6, 6.07) is 1.61. The molecule has 5 heteroatoms. The summed E-state index contributed by atoms with van der Waals surface area (Å²) in [4.78, 5) is 13.6. The van der Waals surface area contributed by atoms with Gasteiger partial charge in [0, 0.05) is 13.6 Å². The van der Waals surface area contributed by atoms with Crippen molar-refractivity contribution in [2.45, 2.75) is 26.4 Å². The Morgan fingerprint density at radius 1 is 1.62 bits per heavy atom. The summed E-state index contributed by atoms with van der Waals surface area (Å²) in [5, 5.41) is 2.04. The van der Waals surface area contributed by atoms with E-state index in [0.29, 0.717) is 6.54 Å². The maximum Gasteiger partial charge on any atom is 0.239 e. The lowest BCUT2D eigenvalue weighted by atomic mass is 10.0. The lowest BCUT2D eigenvalue weighted by molar-refractivity contribution is -0.132. The Morgan fingerprint density at radius 2 is 2.25 bits per heavy atom. The second kappa shape index (κ2) is 5.80. The Labute approximate surface area is 109 Å². The van der Waals surface area contributed by atoms with Crippen LogP contribution >= 0.6 is 27.3 Å². The lowest BCUT2D eigenvalue weighted by Gasteiger charge is -2.23. The van der Waals surface area contributed by atoms with Gasteiger partial charge in [0.1, 0.15) is 0 Å². The number of hydrogen-bond acceptors (Lipinski definition) is 3. The Morgan fingerprint density at radius 3 is 2.69 bits per heavy atom. The molecule has 0 unspecified atom stereocenters. The highest BCUT2D eigenvalue weighted by atomic mass is 79.9. The maximum absolute atomic E-state index is 11.9. The van der Waals surface area contributed by atoms with Crippen LogP contribution in [0.25, 0.3) is 0 Å². The lowest BCUT2D eigenvalue weighted by Crippen LogP contribution is -2.44. The van der Waals surface area contributed by atoms with Crippen LogP contribution in [0.15, 0.2) is 15.2 Å². The standard InChI is InChI=1S/C11H17BrN2OS/c1-7(2)10(13)11(15)14(3)5-8-4-9(12)16-6-8/h4,6-7,10H,5,13H2,1-3H3/t10-/m1/s1. The van der Waals surface area contributed by atoms with Crippen LogP contribution < -0.4 is 5.73 Å². The summed E-state index contributed by atoms with van der Waals surface area (Å²) in [5.74, 6) is 0.168. The number of hydrogen-bond donors (Lipinski definition) is 1. The summed E-state index contributed by atoms with van der Waals surface area (Å²) in [5.41, 5.74) is 6.95. The minimum absolute atomic E-state index is 0.00248. The molecule has 1 aromatic heterocycles. The number of rotatable bonds is 4. The fraction of sp³-hybridized carbons (Fsp3) is 0.545. The summed E-state index contributed by atoms with van der Waals surface area (Å²) < 4.78 is 1.08. The van der Waals surface area contributed by atoms with Crippen LogP contribution in [0.2, 0.25) is 0 Å². The van der Waals surface area contributed by atoms with Crippen molar-refractivity contribution >= 4 is 33.2 Å². The van der Waals surface area contributed by atoms with Crippen molar-refractivity contribution in [1.82, 2.24) is 4.90 Å². The molecule has 0 saturated heterocycles. The predicted octanol–water partition coefficient (Wildman–Crippen LogP) is 2.45. The number of halogens is 1. The summed E-state index contributed by atoms with van der Waals surface area (Å²) in [6.07, 6.45) is 0. The van der Waals surface area contributed by atoms with Gasteiger partial charge in [0.15, 0.2) is 0 Å². The number of thiophene rings is 1. The van der Waals surface area contributed by atoms with Gasteiger partial charge >= 0.3 is 0 Å². The van der Waals surface area contributed by atoms with Gasteiger partial charge in [-0.15, -0.1) is 11.3 Å². The Bertz CT molecular complexity index is 365. The van der Waals surface area contributed by atoms with Crippen LogP contribution in [-0.2, 0) is 11.3 Å². The van der Waals surface area contributed by atoms with E-state index < -0.39 is 6.04 Å². The van der Waals surface area contributed by atoms with Gasteiger partial charge in [-0.2, -0.15) is 0 Å². The molecule has 16 heavy (non-hydrogen) atoms. The largest absolute Gasteiger partial charge is 0.340 e. The zero-order chi connectivity index (χ0) is 12.3. The number of nitrogens with two attached hydrogens (primary N) is 1. The van der Waals surface area contributed by atoms with Gasteiger partial charge in [-0.3, -0.25) is 4.79 Å². The van der Waals surface area contributed by atoms with E-state index in [1.807, 2.05) is 25.3 Å². The van der Waals surface area contributed by atoms with Gasteiger partial charge in [-0.05, 0) is 38.9 Å². The molecule has 1 amide bonds. The third-order valence-electron chi connectivity index (χ3n) is 2.42. The van der Waals surface area contributed by atoms with Crippen LogP contribution in [0.5, 0.6) is 0 Å². The minimum atomic E-state index is -0.410. The van der Waals surface area contributed by atoms with Crippen molar-refractivity contribution < 1.29 is 4.79 Å². The molecule has 0 saturated carbocycles. The molecule has 3 nitrogen and oxygen atoms in total. The molecule has 90 valence electrons. The van der Waals surface area contributed by atoms with Crippen molar-refractivity contribution in [3.8, 4) is 0 Å². The first-order chi connectivity index (χ1) is 7.41. The molecule has 0 bridgehead atoms. The average Bonchev–Trinajstić information content (AvgIpc) is 2.61. The SMILES string of the molecule is CC(C)[C@@H](N)C(=O)N(C)Cc1csc(Br)c1. The molecule has 0 fully saturated rings. The van der Waals surface area contributed by atoms with E-state index in [2.05, 4.69) is 15.9 Å². The van der Waals surface area contributed by atoms with Crippen LogP contribution in [0.3, 0.4) is 0 Å². The molecule has 1 atom stereocenters. The van der Waals surface area contributed by atoms with E-state index in [-0.39, 0.29) is 11.8 Å². The van der Waals surface area contributed by atoms with Gasteiger partial charge in [0.25, 0.3) is 0 Å². The van der Waals surface area contributed by atoms with E-state index in [0.717, 1.165) is 9.35 Å². The Hall–Kier alpha value is -0.390. The van der Waals surface area contributed by atoms with Crippen molar-refractivity contribution in [2.75, 3.05) is 7.05 Å². The highest BCUT2D eigenvalue weighted by Gasteiger charge is 2.21. The minimum Gasteiger partial charge on any atom is -0.340 e. The number of amides is 1. The van der Waals surface area contributed by atoms with Crippen LogP contribution in [0.1, 0.15) is 19.4 Å². The molecule has 1 heterocycles. The zero-order valence-electron chi connectivity index (χ0n) is 9.74. The van der Waals surface area contributed by atoms with Crippen LogP contribution in [-0.4, -0.2) is 23.9 Å². The third-order valence-corrected chi connectivity index (χ3v) is 3.97. The van der Waals surface area contributed by atoms with Crippen LogP contribution in [0, 0.1) is 5.92 Å². The van der Waals surface area contributed by atoms with Crippen molar-refractivity contribution in [3.05, 3.63) is 20.8 Å². The quantitative estimate of drug-likeness (QED) is 0.929. The first-order valence-electron chi connectivity index (χ1n) is 5.15. The topological polar surface area (TPSA) is 46.3 Å². The van der Waals surface area contributed by atoms with Crippen molar-refractivity contribution in [2.24, 2.45) is 11.7 Å². The van der Waals surface area contributed by atoms with Gasteiger partial charge in [0.05, 0.1) is 9.83 Å². The van der Waals surface area contributed by atoms with E-state index in [1.54, 1.807) is 23.3 Å². The summed E-state index contributed by atoms with van der Waals surface area (Å²) in [6.45, 7) is 4.52. The molecule has 0 aliphatic rings. The van der Waals surface area contributed by atoms with Gasteiger partial charge < -0.3 is 10.6 Å². The van der Waals surface area contributed by atoms with Crippen molar-refractivity contribution in [1.29, 1.82) is 0 Å². The molecule has 2 N–H and O–H groups in total. The molecule has 0 radical (unpaired) electrons. The zero-order valence-corrected chi connectivity index (χ0v) is 12.1. The number of nitrogens with zero attached hydrogens (tertiary/aromatic N) is 1. The van der Waals surface area contributed by atoms with Crippen molar-refractivity contribution in [3.63, 3.8) is 0 Å². The van der Waals surface area contributed by atoms with Gasteiger partial charge in [-0.1, -0.05) is 13.8 Å². The normalized spacial score (nSPS) is 12.9. The van der Waals surface area contributed by atoms with E-state index in [4.69, 9.17) is 5.73 Å². The van der Waals surface area contributed by atoms with Gasteiger partial charge in [-0.25, -0.2) is 0 Å². The van der Waals surface area contributed by atoms with E-state index in [9.17, 15) is 4.79 Å². The van der Waals surface area contributed by atoms with Gasteiger partial charge in [0.2, 0.25) is 5.91 Å². The first-order valence-corrected chi connectivity index (χ1v) is 6.82.